The highest BCUT2D eigenvalue weighted by atomic mass is 16.5. The second kappa shape index (κ2) is 17.1. The van der Waals surface area contributed by atoms with Crippen LogP contribution in [0.2, 0.25) is 0 Å². The first kappa shape index (κ1) is 32.5. The van der Waals surface area contributed by atoms with Crippen molar-refractivity contribution in [2.24, 2.45) is 5.10 Å². The fourth-order valence-electron chi connectivity index (χ4n) is 3.83. The van der Waals surface area contributed by atoms with Gasteiger partial charge in [0.05, 0.1) is 26.0 Å². The average molecular weight is 527 g/mol. The zero-order chi connectivity index (χ0) is 28.7. The molecule has 0 saturated heterocycles. The van der Waals surface area contributed by atoms with Crippen molar-refractivity contribution in [2.45, 2.75) is 72.8 Å². The molecule has 2 N–H and O–H groups in total. The van der Waals surface area contributed by atoms with E-state index in [1.807, 2.05) is 31.2 Å². The van der Waals surface area contributed by atoms with E-state index in [-0.39, 0.29) is 18.0 Å². The van der Waals surface area contributed by atoms with Gasteiger partial charge in [-0.25, -0.2) is 9.80 Å². The molecule has 1 aliphatic heterocycles. The van der Waals surface area contributed by atoms with E-state index in [2.05, 4.69) is 38.3 Å². The zero-order valence-electron chi connectivity index (χ0n) is 24.6. The lowest BCUT2D eigenvalue weighted by Crippen LogP contribution is -2.41. The van der Waals surface area contributed by atoms with E-state index >= 15 is 0 Å². The fraction of sp³-hybridized carbons (Fsp3) is 0.500. The van der Waals surface area contributed by atoms with Crippen LogP contribution >= 0.6 is 0 Å². The van der Waals surface area contributed by atoms with Gasteiger partial charge in [0, 0.05) is 30.8 Å². The van der Waals surface area contributed by atoms with Crippen molar-refractivity contribution >= 4 is 17.6 Å². The highest BCUT2D eigenvalue weighted by Gasteiger charge is 2.28. The van der Waals surface area contributed by atoms with Crippen molar-refractivity contribution in [3.05, 3.63) is 58.7 Å². The number of benzene rings is 2. The number of urea groups is 1. The third kappa shape index (κ3) is 8.78. The Balaban J connectivity index is 0.000000794. The Morgan fingerprint density at radius 2 is 1.50 bits per heavy atom. The zero-order valence-corrected chi connectivity index (χ0v) is 24.6. The Morgan fingerprint density at radius 3 is 1.95 bits per heavy atom. The summed E-state index contributed by atoms with van der Waals surface area (Å²) < 4.78 is 11.0. The Hall–Kier alpha value is -3.55. The first-order valence-corrected chi connectivity index (χ1v) is 13.4. The minimum Gasteiger partial charge on any atom is -0.493 e. The van der Waals surface area contributed by atoms with Gasteiger partial charge in [0.2, 0.25) is 0 Å². The SMILES string of the molecule is CCC.CCCCC.CNC(=O)c1ccc(C2=NN(C(=O)NC)C(C)Cc3cc(OC)c(OC)cc32)cc1. The summed E-state index contributed by atoms with van der Waals surface area (Å²) in [6.45, 7) is 10.6. The number of unbranched alkanes of at least 4 members (excludes halogenated alkanes) is 2. The van der Waals surface area contributed by atoms with E-state index in [1.165, 1.54) is 30.7 Å². The fourth-order valence-corrected chi connectivity index (χ4v) is 3.83. The highest BCUT2D eigenvalue weighted by Crippen LogP contribution is 2.34. The van der Waals surface area contributed by atoms with Gasteiger partial charge >= 0.3 is 6.03 Å². The number of rotatable bonds is 6. The molecule has 2 aromatic carbocycles. The maximum Gasteiger partial charge on any atom is 0.337 e. The maximum absolute atomic E-state index is 12.5. The summed E-state index contributed by atoms with van der Waals surface area (Å²) >= 11 is 0. The van der Waals surface area contributed by atoms with Crippen LogP contribution in [-0.2, 0) is 6.42 Å². The molecule has 3 rings (SSSR count). The first-order valence-electron chi connectivity index (χ1n) is 13.4. The topological polar surface area (TPSA) is 92.3 Å². The van der Waals surface area contributed by atoms with Gasteiger partial charge in [0.25, 0.3) is 5.91 Å². The summed E-state index contributed by atoms with van der Waals surface area (Å²) in [5.74, 6) is 1.02. The van der Waals surface area contributed by atoms with Crippen LogP contribution in [-0.4, -0.2) is 57.0 Å². The number of carbonyl (C=O) groups excluding carboxylic acids is 2. The van der Waals surface area contributed by atoms with Gasteiger partial charge in [-0.3, -0.25) is 4.79 Å². The molecule has 0 aliphatic carbocycles. The molecule has 1 unspecified atom stereocenters. The van der Waals surface area contributed by atoms with Crippen molar-refractivity contribution in [2.75, 3.05) is 28.3 Å². The maximum atomic E-state index is 12.5. The van der Waals surface area contributed by atoms with Gasteiger partial charge in [-0.2, -0.15) is 5.10 Å². The van der Waals surface area contributed by atoms with Gasteiger partial charge in [-0.1, -0.05) is 65.5 Å². The predicted molar refractivity (Wildman–Crippen MR) is 156 cm³/mol. The third-order valence-corrected chi connectivity index (χ3v) is 5.78. The van der Waals surface area contributed by atoms with E-state index in [9.17, 15) is 9.59 Å². The molecule has 1 aliphatic rings. The minimum absolute atomic E-state index is 0.170. The van der Waals surface area contributed by atoms with E-state index in [0.29, 0.717) is 29.2 Å². The normalized spacial score (nSPS) is 13.8. The van der Waals surface area contributed by atoms with E-state index in [1.54, 1.807) is 40.4 Å². The Kier molecular flexibility index (Phi) is 14.6. The van der Waals surface area contributed by atoms with Crippen LogP contribution in [0.5, 0.6) is 11.5 Å². The quantitative estimate of drug-likeness (QED) is 0.482. The summed E-state index contributed by atoms with van der Waals surface area (Å²) in [6, 6.07) is 10.4. The Labute approximate surface area is 228 Å². The van der Waals surface area contributed by atoms with Crippen LogP contribution in [0, 0.1) is 0 Å². The molecular weight excluding hydrogens is 480 g/mol. The average Bonchev–Trinajstić information content (AvgIpc) is 3.08. The smallest absolute Gasteiger partial charge is 0.337 e. The molecule has 1 atom stereocenters. The molecule has 210 valence electrons. The summed E-state index contributed by atoms with van der Waals surface area (Å²) in [7, 11) is 6.33. The van der Waals surface area contributed by atoms with Crippen LogP contribution in [0.4, 0.5) is 4.79 Å². The lowest BCUT2D eigenvalue weighted by molar-refractivity contribution is 0.0963. The van der Waals surface area contributed by atoms with Crippen LogP contribution in [0.1, 0.15) is 87.4 Å². The van der Waals surface area contributed by atoms with Gasteiger partial charge < -0.3 is 20.1 Å². The number of fused-ring (bicyclic) bond motifs is 1. The molecule has 0 bridgehead atoms. The largest absolute Gasteiger partial charge is 0.493 e. The number of methoxy groups -OCH3 is 2. The van der Waals surface area contributed by atoms with Crippen LogP contribution in [0.15, 0.2) is 41.5 Å². The number of amides is 3. The third-order valence-electron chi connectivity index (χ3n) is 5.78. The summed E-state index contributed by atoms with van der Waals surface area (Å²) in [6.07, 6.45) is 5.92. The number of nitrogens with zero attached hydrogens (tertiary/aromatic N) is 2. The number of hydrogen-bond acceptors (Lipinski definition) is 5. The number of carbonyl (C=O) groups is 2. The molecule has 0 saturated carbocycles. The van der Waals surface area contributed by atoms with E-state index in [0.717, 1.165) is 16.7 Å². The molecule has 0 spiro atoms. The number of nitrogens with one attached hydrogen (secondary N) is 2. The highest BCUT2D eigenvalue weighted by molar-refractivity contribution is 6.14. The molecule has 2 aromatic rings. The van der Waals surface area contributed by atoms with Crippen LogP contribution in [0.25, 0.3) is 0 Å². The molecule has 0 fully saturated rings. The standard InChI is InChI=1S/C22H26N4O4.C5H12.C3H8/c1-13-10-16-11-18(29-4)19(30-5)12-17(16)20(25-26(13)22(28)24-3)14-6-8-15(9-7-14)21(27)23-2;1-3-5-4-2;1-3-2/h6-9,11-13H,10H2,1-5H3,(H,23,27)(H,24,28);3-5H2,1-2H3;3H2,1-2H3. The summed E-state index contributed by atoms with van der Waals surface area (Å²) in [4.78, 5) is 24.4. The predicted octanol–water partition coefficient (Wildman–Crippen LogP) is 6.01. The minimum atomic E-state index is -0.297. The molecule has 0 aromatic heterocycles. The Morgan fingerprint density at radius 1 is 0.947 bits per heavy atom. The molecule has 3 amide bonds. The second-order valence-electron chi connectivity index (χ2n) is 8.98. The summed E-state index contributed by atoms with van der Waals surface area (Å²) in [5.41, 5.74) is 3.76. The molecule has 8 heteroatoms. The Bertz CT molecular complexity index is 1050. The molecule has 38 heavy (non-hydrogen) atoms. The lowest BCUT2D eigenvalue weighted by Gasteiger charge is -2.22. The molecule has 8 nitrogen and oxygen atoms in total. The number of hydrazone groups is 1. The molecule has 0 radical (unpaired) electrons. The molecule has 1 heterocycles. The van der Waals surface area contributed by atoms with Gasteiger partial charge in [-0.15, -0.1) is 0 Å². The van der Waals surface area contributed by atoms with Crippen molar-refractivity contribution < 1.29 is 19.1 Å². The van der Waals surface area contributed by atoms with Crippen LogP contribution in [0.3, 0.4) is 0 Å². The molecular formula is C30H46N4O4. The van der Waals surface area contributed by atoms with Gasteiger partial charge in [0.1, 0.15) is 0 Å². The number of ether oxygens (including phenoxy) is 2. The van der Waals surface area contributed by atoms with Crippen molar-refractivity contribution in [1.29, 1.82) is 0 Å². The van der Waals surface area contributed by atoms with Crippen LogP contribution < -0.4 is 20.1 Å². The van der Waals surface area contributed by atoms with E-state index in [4.69, 9.17) is 14.6 Å². The van der Waals surface area contributed by atoms with Crippen molar-refractivity contribution in [3.8, 4) is 11.5 Å². The first-order chi connectivity index (χ1) is 18.3. The van der Waals surface area contributed by atoms with Crippen molar-refractivity contribution in [3.63, 3.8) is 0 Å². The second-order valence-corrected chi connectivity index (χ2v) is 8.98. The number of hydrogen-bond donors (Lipinski definition) is 2. The lowest BCUT2D eigenvalue weighted by atomic mass is 9.93. The van der Waals surface area contributed by atoms with Gasteiger partial charge in [0.15, 0.2) is 11.5 Å². The van der Waals surface area contributed by atoms with Crippen molar-refractivity contribution in [1.82, 2.24) is 15.6 Å². The van der Waals surface area contributed by atoms with Gasteiger partial charge in [-0.05, 0) is 43.2 Å². The monoisotopic (exact) mass is 526 g/mol. The van der Waals surface area contributed by atoms with E-state index < -0.39 is 0 Å². The summed E-state index contributed by atoms with van der Waals surface area (Å²) in [5, 5.41) is 11.4.